The SMILES string of the molecule is COc1ccc(C(=O)N(C(C)C)[C@H](C)c2ccccc2)c(OC)c1. The van der Waals surface area contributed by atoms with Gasteiger partial charge >= 0.3 is 0 Å². The van der Waals surface area contributed by atoms with Gasteiger partial charge in [-0.2, -0.15) is 0 Å². The van der Waals surface area contributed by atoms with Crippen molar-refractivity contribution in [2.75, 3.05) is 14.2 Å². The van der Waals surface area contributed by atoms with Crippen LogP contribution in [0.3, 0.4) is 0 Å². The molecule has 0 aliphatic rings. The van der Waals surface area contributed by atoms with Gasteiger partial charge in [0.15, 0.2) is 0 Å². The van der Waals surface area contributed by atoms with Crippen molar-refractivity contribution in [1.82, 2.24) is 4.90 Å². The zero-order chi connectivity index (χ0) is 17.7. The first-order valence-corrected chi connectivity index (χ1v) is 8.09. The molecule has 0 radical (unpaired) electrons. The first-order valence-electron chi connectivity index (χ1n) is 8.09. The first-order chi connectivity index (χ1) is 11.5. The van der Waals surface area contributed by atoms with E-state index in [-0.39, 0.29) is 18.0 Å². The van der Waals surface area contributed by atoms with Crippen molar-refractivity contribution >= 4 is 5.91 Å². The number of amides is 1. The molecule has 2 aromatic carbocycles. The molecule has 0 unspecified atom stereocenters. The van der Waals surface area contributed by atoms with Crippen molar-refractivity contribution in [3.63, 3.8) is 0 Å². The number of carbonyl (C=O) groups excluding carboxylic acids is 1. The highest BCUT2D eigenvalue weighted by atomic mass is 16.5. The number of methoxy groups -OCH3 is 2. The molecule has 0 fully saturated rings. The van der Waals surface area contributed by atoms with Crippen molar-refractivity contribution in [3.05, 3.63) is 59.7 Å². The number of carbonyl (C=O) groups is 1. The third kappa shape index (κ3) is 3.70. The monoisotopic (exact) mass is 327 g/mol. The van der Waals surface area contributed by atoms with Gasteiger partial charge in [-0.3, -0.25) is 4.79 Å². The molecule has 128 valence electrons. The second-order valence-corrected chi connectivity index (χ2v) is 5.96. The molecule has 2 rings (SSSR count). The summed E-state index contributed by atoms with van der Waals surface area (Å²) >= 11 is 0. The molecule has 0 saturated carbocycles. The van der Waals surface area contributed by atoms with Gasteiger partial charge in [0.05, 0.1) is 25.8 Å². The van der Waals surface area contributed by atoms with Crippen molar-refractivity contribution < 1.29 is 14.3 Å². The van der Waals surface area contributed by atoms with Crippen LogP contribution in [-0.2, 0) is 0 Å². The molecule has 0 spiro atoms. The number of ether oxygens (including phenoxy) is 2. The van der Waals surface area contributed by atoms with Crippen LogP contribution in [0.4, 0.5) is 0 Å². The van der Waals surface area contributed by atoms with E-state index in [2.05, 4.69) is 0 Å². The standard InChI is InChI=1S/C20H25NO3/c1-14(2)21(15(3)16-9-7-6-8-10-16)20(22)18-12-11-17(23-4)13-19(18)24-5/h6-15H,1-5H3/t15-/m1/s1. The van der Waals surface area contributed by atoms with Crippen LogP contribution in [0.2, 0.25) is 0 Å². The van der Waals surface area contributed by atoms with Gasteiger partial charge < -0.3 is 14.4 Å². The molecule has 0 aliphatic carbocycles. The zero-order valence-corrected chi connectivity index (χ0v) is 14.9. The predicted molar refractivity (Wildman–Crippen MR) is 95.7 cm³/mol. The molecular weight excluding hydrogens is 302 g/mol. The van der Waals surface area contributed by atoms with Crippen LogP contribution >= 0.6 is 0 Å². The minimum absolute atomic E-state index is 0.0366. The smallest absolute Gasteiger partial charge is 0.258 e. The van der Waals surface area contributed by atoms with E-state index in [9.17, 15) is 4.79 Å². The minimum atomic E-state index is -0.0548. The summed E-state index contributed by atoms with van der Waals surface area (Å²) in [5.41, 5.74) is 1.64. The average Bonchev–Trinajstić information content (AvgIpc) is 2.61. The molecule has 4 nitrogen and oxygen atoms in total. The molecule has 0 saturated heterocycles. The lowest BCUT2D eigenvalue weighted by Crippen LogP contribution is -2.39. The summed E-state index contributed by atoms with van der Waals surface area (Å²) < 4.78 is 10.6. The van der Waals surface area contributed by atoms with Crippen molar-refractivity contribution in [2.24, 2.45) is 0 Å². The molecule has 1 atom stereocenters. The molecule has 0 aliphatic heterocycles. The van der Waals surface area contributed by atoms with Crippen molar-refractivity contribution in [3.8, 4) is 11.5 Å². The Morgan fingerprint density at radius 1 is 0.958 bits per heavy atom. The lowest BCUT2D eigenvalue weighted by Gasteiger charge is -2.33. The summed E-state index contributed by atoms with van der Waals surface area (Å²) in [5, 5.41) is 0. The fourth-order valence-electron chi connectivity index (χ4n) is 2.86. The average molecular weight is 327 g/mol. The molecule has 0 heterocycles. The Bertz CT molecular complexity index is 683. The van der Waals surface area contributed by atoms with E-state index in [4.69, 9.17) is 9.47 Å². The maximum Gasteiger partial charge on any atom is 0.258 e. The highest BCUT2D eigenvalue weighted by molar-refractivity contribution is 5.97. The Morgan fingerprint density at radius 3 is 2.17 bits per heavy atom. The predicted octanol–water partition coefficient (Wildman–Crippen LogP) is 4.32. The van der Waals surface area contributed by atoms with Crippen LogP contribution in [0.15, 0.2) is 48.5 Å². The van der Waals surface area contributed by atoms with E-state index in [0.717, 1.165) is 5.56 Å². The van der Waals surface area contributed by atoms with Crippen LogP contribution < -0.4 is 9.47 Å². The number of nitrogens with zero attached hydrogens (tertiary/aromatic N) is 1. The van der Waals surface area contributed by atoms with Gasteiger partial charge in [0.25, 0.3) is 5.91 Å². The quantitative estimate of drug-likeness (QED) is 0.793. The highest BCUT2D eigenvalue weighted by Crippen LogP contribution is 2.30. The van der Waals surface area contributed by atoms with Crippen molar-refractivity contribution in [1.29, 1.82) is 0 Å². The van der Waals surface area contributed by atoms with Crippen molar-refractivity contribution in [2.45, 2.75) is 32.9 Å². The van der Waals surface area contributed by atoms with E-state index >= 15 is 0 Å². The maximum atomic E-state index is 13.2. The number of hydrogen-bond acceptors (Lipinski definition) is 3. The van der Waals surface area contributed by atoms with E-state index in [0.29, 0.717) is 17.1 Å². The Morgan fingerprint density at radius 2 is 1.62 bits per heavy atom. The molecule has 1 amide bonds. The second kappa shape index (κ2) is 7.86. The summed E-state index contributed by atoms with van der Waals surface area (Å²) in [6.07, 6.45) is 0. The zero-order valence-electron chi connectivity index (χ0n) is 14.9. The number of benzene rings is 2. The molecule has 0 bridgehead atoms. The van der Waals surface area contributed by atoms with Gasteiger partial charge in [-0.1, -0.05) is 30.3 Å². The van der Waals surface area contributed by atoms with Gasteiger partial charge in [-0.05, 0) is 38.5 Å². The Balaban J connectivity index is 2.40. The maximum absolute atomic E-state index is 13.2. The molecule has 2 aromatic rings. The second-order valence-electron chi connectivity index (χ2n) is 5.96. The fourth-order valence-corrected chi connectivity index (χ4v) is 2.86. The molecule has 4 heteroatoms. The summed E-state index contributed by atoms with van der Waals surface area (Å²) in [6.45, 7) is 6.09. The third-order valence-electron chi connectivity index (χ3n) is 4.13. The number of hydrogen-bond donors (Lipinski definition) is 0. The van der Waals surface area contributed by atoms with Crippen LogP contribution in [0.1, 0.15) is 42.7 Å². The first kappa shape index (κ1) is 17.9. The van der Waals surface area contributed by atoms with E-state index < -0.39 is 0 Å². The van der Waals surface area contributed by atoms with E-state index in [1.807, 2.05) is 56.0 Å². The summed E-state index contributed by atoms with van der Waals surface area (Å²) in [6, 6.07) is 15.3. The Hall–Kier alpha value is -2.49. The molecular formula is C20H25NO3. The Kier molecular flexibility index (Phi) is 5.85. The lowest BCUT2D eigenvalue weighted by molar-refractivity contribution is 0.0621. The summed E-state index contributed by atoms with van der Waals surface area (Å²) in [7, 11) is 3.15. The summed E-state index contributed by atoms with van der Waals surface area (Å²) in [5.74, 6) is 1.13. The lowest BCUT2D eigenvalue weighted by atomic mass is 10.0. The van der Waals surface area contributed by atoms with Gasteiger partial charge in [0.1, 0.15) is 11.5 Å². The van der Waals surface area contributed by atoms with Crippen LogP contribution in [-0.4, -0.2) is 31.1 Å². The third-order valence-corrected chi connectivity index (χ3v) is 4.13. The van der Waals surface area contributed by atoms with Crippen LogP contribution in [0, 0.1) is 0 Å². The van der Waals surface area contributed by atoms with Gasteiger partial charge in [-0.25, -0.2) is 0 Å². The van der Waals surface area contributed by atoms with E-state index in [1.54, 1.807) is 32.4 Å². The van der Waals surface area contributed by atoms with E-state index in [1.165, 1.54) is 0 Å². The molecule has 0 aromatic heterocycles. The topological polar surface area (TPSA) is 38.8 Å². The van der Waals surface area contributed by atoms with Crippen LogP contribution in [0.5, 0.6) is 11.5 Å². The highest BCUT2D eigenvalue weighted by Gasteiger charge is 2.27. The van der Waals surface area contributed by atoms with Crippen LogP contribution in [0.25, 0.3) is 0 Å². The normalized spacial score (nSPS) is 11.9. The summed E-state index contributed by atoms with van der Waals surface area (Å²) in [4.78, 5) is 15.1. The number of rotatable bonds is 6. The largest absolute Gasteiger partial charge is 0.497 e. The molecule has 0 N–H and O–H groups in total. The molecule has 24 heavy (non-hydrogen) atoms. The minimum Gasteiger partial charge on any atom is -0.497 e. The fraction of sp³-hybridized carbons (Fsp3) is 0.350. The van der Waals surface area contributed by atoms with Gasteiger partial charge in [0, 0.05) is 12.1 Å². The van der Waals surface area contributed by atoms with Gasteiger partial charge in [0.2, 0.25) is 0 Å². The Labute approximate surface area is 144 Å². The van der Waals surface area contributed by atoms with Gasteiger partial charge in [-0.15, -0.1) is 0 Å².